The maximum Gasteiger partial charge on any atom is 0.229 e. The second-order valence-electron chi connectivity index (χ2n) is 8.21. The minimum absolute atomic E-state index is 0.113. The molecule has 0 bridgehead atoms. The molecule has 1 aromatic heterocycles. The van der Waals surface area contributed by atoms with Gasteiger partial charge >= 0.3 is 0 Å². The molecule has 0 saturated carbocycles. The lowest BCUT2D eigenvalue weighted by Gasteiger charge is -2.16. The van der Waals surface area contributed by atoms with E-state index < -0.39 is 0 Å². The normalized spacial score (nSPS) is 15.7. The average molecular weight is 454 g/mol. The van der Waals surface area contributed by atoms with E-state index in [2.05, 4.69) is 10.4 Å². The van der Waals surface area contributed by atoms with Gasteiger partial charge in [-0.1, -0.05) is 17.7 Å². The molecule has 3 aromatic rings. The Morgan fingerprint density at radius 1 is 1.22 bits per heavy atom. The van der Waals surface area contributed by atoms with Crippen LogP contribution in [0.2, 0.25) is 5.02 Å². The van der Waals surface area contributed by atoms with Crippen molar-refractivity contribution in [1.29, 1.82) is 0 Å². The van der Waals surface area contributed by atoms with Crippen molar-refractivity contribution in [2.75, 3.05) is 18.5 Å². The van der Waals surface area contributed by atoms with Crippen LogP contribution in [0.25, 0.3) is 5.69 Å². The van der Waals surface area contributed by atoms with Gasteiger partial charge in [-0.05, 0) is 75.6 Å². The number of hydrogen-bond acceptors (Lipinski definition) is 4. The molecule has 1 saturated heterocycles. The molecule has 4 rings (SSSR count). The fourth-order valence-corrected chi connectivity index (χ4v) is 4.06. The Labute approximate surface area is 193 Å². The number of aryl methyl sites for hydroxylation is 2. The summed E-state index contributed by atoms with van der Waals surface area (Å²) in [4.78, 5) is 12.9. The van der Waals surface area contributed by atoms with E-state index in [-0.39, 0.29) is 18.4 Å². The van der Waals surface area contributed by atoms with E-state index in [1.54, 1.807) is 0 Å². The Kier molecular flexibility index (Phi) is 6.82. The van der Waals surface area contributed by atoms with Gasteiger partial charge in [0.25, 0.3) is 0 Å². The lowest BCUT2D eigenvalue weighted by Crippen LogP contribution is -2.19. The molecule has 6 nitrogen and oxygen atoms in total. The molecule has 1 unspecified atom stereocenters. The maximum absolute atomic E-state index is 12.9. The molecular formula is C25H28ClN3O3. The van der Waals surface area contributed by atoms with Crippen LogP contribution in [0.4, 0.5) is 5.69 Å². The lowest BCUT2D eigenvalue weighted by atomic mass is 10.1. The zero-order valence-electron chi connectivity index (χ0n) is 18.7. The number of nitrogens with zero attached hydrogens (tertiary/aromatic N) is 2. The fraction of sp³-hybridized carbons (Fsp3) is 0.360. The largest absolute Gasteiger partial charge is 0.489 e. The van der Waals surface area contributed by atoms with Gasteiger partial charge in [-0.15, -0.1) is 0 Å². The molecule has 32 heavy (non-hydrogen) atoms. The molecule has 2 aromatic carbocycles. The van der Waals surface area contributed by atoms with Crippen molar-refractivity contribution in [3.8, 4) is 11.4 Å². The van der Waals surface area contributed by atoms with Gasteiger partial charge in [0.15, 0.2) is 0 Å². The number of halogens is 1. The van der Waals surface area contributed by atoms with Crippen LogP contribution in [-0.4, -0.2) is 35.0 Å². The van der Waals surface area contributed by atoms with Crippen LogP contribution >= 0.6 is 11.6 Å². The van der Waals surface area contributed by atoms with E-state index in [0.717, 1.165) is 47.7 Å². The van der Waals surface area contributed by atoms with Gasteiger partial charge in [-0.2, -0.15) is 5.10 Å². The van der Waals surface area contributed by atoms with Crippen LogP contribution in [0.3, 0.4) is 0 Å². The molecule has 0 aliphatic carbocycles. The SMILES string of the molecule is Cc1ccc(NC(=O)Cc2c(C)nn(-c3ccc(Cl)cc3)c2C)c(OCC2CCCO2)c1. The molecule has 1 aliphatic rings. The summed E-state index contributed by atoms with van der Waals surface area (Å²) in [5.74, 6) is 0.553. The Balaban J connectivity index is 1.47. The van der Waals surface area contributed by atoms with Crippen molar-refractivity contribution in [3.63, 3.8) is 0 Å². The lowest BCUT2D eigenvalue weighted by molar-refractivity contribution is -0.115. The summed E-state index contributed by atoms with van der Waals surface area (Å²) >= 11 is 6.00. The number of carbonyl (C=O) groups is 1. The molecule has 7 heteroatoms. The second kappa shape index (κ2) is 9.76. The van der Waals surface area contributed by atoms with Crippen molar-refractivity contribution < 1.29 is 14.3 Å². The first-order valence-electron chi connectivity index (χ1n) is 10.9. The Morgan fingerprint density at radius 3 is 2.72 bits per heavy atom. The number of ether oxygens (including phenoxy) is 2. The highest BCUT2D eigenvalue weighted by atomic mass is 35.5. The summed E-state index contributed by atoms with van der Waals surface area (Å²) in [5, 5.41) is 8.31. The number of nitrogens with one attached hydrogen (secondary N) is 1. The molecular weight excluding hydrogens is 426 g/mol. The smallest absolute Gasteiger partial charge is 0.229 e. The Bertz CT molecular complexity index is 1100. The van der Waals surface area contributed by atoms with Crippen LogP contribution < -0.4 is 10.1 Å². The number of amides is 1. The first-order valence-corrected chi connectivity index (χ1v) is 11.2. The molecule has 1 aliphatic heterocycles. The topological polar surface area (TPSA) is 65.4 Å². The predicted octanol–water partition coefficient (Wildman–Crippen LogP) is 5.19. The first-order chi connectivity index (χ1) is 15.4. The quantitative estimate of drug-likeness (QED) is 0.534. The van der Waals surface area contributed by atoms with E-state index in [0.29, 0.717) is 23.1 Å². The van der Waals surface area contributed by atoms with E-state index in [1.165, 1.54) is 0 Å². The van der Waals surface area contributed by atoms with E-state index in [1.807, 2.05) is 67.9 Å². The van der Waals surface area contributed by atoms with Crippen LogP contribution in [-0.2, 0) is 16.0 Å². The van der Waals surface area contributed by atoms with Gasteiger partial charge < -0.3 is 14.8 Å². The summed E-state index contributed by atoms with van der Waals surface area (Å²) in [7, 11) is 0. The highest BCUT2D eigenvalue weighted by Crippen LogP contribution is 2.28. The van der Waals surface area contributed by atoms with Gasteiger partial charge in [0.1, 0.15) is 12.4 Å². The van der Waals surface area contributed by atoms with Crippen LogP contribution in [0.15, 0.2) is 42.5 Å². The monoisotopic (exact) mass is 453 g/mol. The van der Waals surface area contributed by atoms with Gasteiger partial charge in [0.2, 0.25) is 5.91 Å². The molecule has 1 amide bonds. The highest BCUT2D eigenvalue weighted by Gasteiger charge is 2.19. The van der Waals surface area contributed by atoms with Crippen LogP contribution in [0.1, 0.15) is 35.4 Å². The summed E-state index contributed by atoms with van der Waals surface area (Å²) in [6.07, 6.45) is 2.41. The third-order valence-corrected chi connectivity index (χ3v) is 5.96. The summed E-state index contributed by atoms with van der Waals surface area (Å²) in [6.45, 7) is 7.16. The van der Waals surface area contributed by atoms with Gasteiger partial charge in [-0.25, -0.2) is 4.68 Å². The van der Waals surface area contributed by atoms with E-state index >= 15 is 0 Å². The van der Waals surface area contributed by atoms with Crippen molar-refractivity contribution in [3.05, 3.63) is 70.0 Å². The predicted molar refractivity (Wildman–Crippen MR) is 126 cm³/mol. The van der Waals surface area contributed by atoms with Crippen molar-refractivity contribution >= 4 is 23.2 Å². The van der Waals surface area contributed by atoms with Crippen molar-refractivity contribution in [2.45, 2.75) is 46.1 Å². The molecule has 2 heterocycles. The van der Waals surface area contributed by atoms with Crippen LogP contribution in [0, 0.1) is 20.8 Å². The van der Waals surface area contributed by atoms with Crippen molar-refractivity contribution in [2.24, 2.45) is 0 Å². The number of hydrogen-bond donors (Lipinski definition) is 1. The number of rotatable bonds is 7. The van der Waals surface area contributed by atoms with Gasteiger partial charge in [0, 0.05) is 22.9 Å². The van der Waals surface area contributed by atoms with Gasteiger partial charge in [-0.3, -0.25) is 4.79 Å². The molecule has 0 spiro atoms. The fourth-order valence-electron chi connectivity index (χ4n) is 3.93. The first kappa shape index (κ1) is 22.4. The minimum atomic E-state index is -0.113. The number of carbonyl (C=O) groups excluding carboxylic acids is 1. The standard InChI is InChI=1S/C25H28ClN3O3/c1-16-6-11-23(24(13-16)32-15-21-5-4-12-31-21)27-25(30)14-22-17(2)28-29(18(22)3)20-9-7-19(26)8-10-20/h6-11,13,21H,4-5,12,14-15H2,1-3H3,(H,27,30). The number of anilines is 1. The van der Waals surface area contributed by atoms with E-state index in [9.17, 15) is 4.79 Å². The summed E-state index contributed by atoms with van der Waals surface area (Å²) in [6, 6.07) is 13.3. The number of benzene rings is 2. The van der Waals surface area contributed by atoms with Crippen LogP contribution in [0.5, 0.6) is 5.75 Å². The Morgan fingerprint density at radius 2 is 2.00 bits per heavy atom. The third-order valence-electron chi connectivity index (χ3n) is 5.71. The van der Waals surface area contributed by atoms with Gasteiger partial charge in [0.05, 0.1) is 29.6 Å². The zero-order chi connectivity index (χ0) is 22.7. The second-order valence-corrected chi connectivity index (χ2v) is 8.64. The zero-order valence-corrected chi connectivity index (χ0v) is 19.4. The highest BCUT2D eigenvalue weighted by molar-refractivity contribution is 6.30. The van der Waals surface area contributed by atoms with Crippen molar-refractivity contribution in [1.82, 2.24) is 9.78 Å². The Hall–Kier alpha value is -2.83. The summed E-state index contributed by atoms with van der Waals surface area (Å²) < 4.78 is 13.5. The average Bonchev–Trinajstić information content (AvgIpc) is 3.38. The molecule has 0 radical (unpaired) electrons. The maximum atomic E-state index is 12.9. The van der Waals surface area contributed by atoms with E-state index in [4.69, 9.17) is 21.1 Å². The molecule has 1 N–H and O–H groups in total. The summed E-state index contributed by atoms with van der Waals surface area (Å²) in [5.41, 5.74) is 5.31. The minimum Gasteiger partial charge on any atom is -0.489 e. The molecule has 1 atom stereocenters. The third kappa shape index (κ3) is 5.14. The number of aromatic nitrogens is 2. The molecule has 168 valence electrons. The molecule has 1 fully saturated rings.